The van der Waals surface area contributed by atoms with Crippen LogP contribution in [0.15, 0.2) is 16.7 Å². The Labute approximate surface area is 85.3 Å². The molecule has 0 radical (unpaired) electrons. The van der Waals surface area contributed by atoms with Gasteiger partial charge in [-0.05, 0) is 41.9 Å². The van der Waals surface area contributed by atoms with Gasteiger partial charge in [-0.1, -0.05) is 0 Å². The summed E-state index contributed by atoms with van der Waals surface area (Å²) in [5, 5.41) is 13.1. The van der Waals surface area contributed by atoms with Gasteiger partial charge in [0.15, 0.2) is 0 Å². The average molecular weight is 243 g/mol. The molecule has 0 saturated heterocycles. The van der Waals surface area contributed by atoms with Crippen molar-refractivity contribution in [3.8, 4) is 0 Å². The van der Waals surface area contributed by atoms with Crippen LogP contribution in [0.5, 0.6) is 0 Å². The van der Waals surface area contributed by atoms with Crippen LogP contribution >= 0.6 is 15.9 Å². The van der Waals surface area contributed by atoms with Gasteiger partial charge in [-0.25, -0.2) is 4.98 Å². The first-order chi connectivity index (χ1) is 6.00. The Balaban J connectivity index is 2.50. The summed E-state index contributed by atoms with van der Waals surface area (Å²) in [4.78, 5) is 4.25. The quantitative estimate of drug-likeness (QED) is 0.685. The van der Waals surface area contributed by atoms with E-state index in [1.807, 2.05) is 26.0 Å². The molecule has 0 amide bonds. The number of nitrogens with one attached hydrogen (secondary N) is 1. The van der Waals surface area contributed by atoms with Crippen LogP contribution in [-0.4, -0.2) is 15.6 Å². The summed E-state index contributed by atoms with van der Waals surface area (Å²) in [6.07, 6.45) is -0.483. The molecular weight excluding hydrogens is 232 g/mol. The number of aliphatic hydroxyl groups excluding tert-OH is 1. The maximum absolute atomic E-state index is 9.88. The molecule has 4 heteroatoms. The van der Waals surface area contributed by atoms with E-state index in [-0.39, 0.29) is 5.54 Å². The van der Waals surface area contributed by atoms with Crippen molar-refractivity contribution in [1.29, 1.82) is 0 Å². The smallest absolute Gasteiger partial charge is 0.133 e. The van der Waals surface area contributed by atoms with E-state index in [0.717, 1.165) is 16.0 Å². The predicted octanol–water partition coefficient (Wildman–Crippen LogP) is 2.08. The molecule has 0 aromatic carbocycles. The Bertz CT molecular complexity index is 351. The third kappa shape index (κ3) is 1.34. The number of anilines is 1. The molecule has 2 N–H and O–H groups in total. The number of nitrogens with zero attached hydrogens (tertiary/aromatic N) is 1. The number of aromatic nitrogens is 1. The van der Waals surface area contributed by atoms with Gasteiger partial charge in [-0.2, -0.15) is 0 Å². The first kappa shape index (κ1) is 8.97. The second-order valence-corrected chi connectivity index (χ2v) is 4.63. The van der Waals surface area contributed by atoms with Gasteiger partial charge in [0.05, 0.1) is 5.54 Å². The van der Waals surface area contributed by atoms with E-state index in [9.17, 15) is 5.11 Å². The summed E-state index contributed by atoms with van der Waals surface area (Å²) in [5.41, 5.74) is 0.545. The highest BCUT2D eigenvalue weighted by Gasteiger charge is 2.38. The number of fused-ring (bicyclic) bond motifs is 1. The van der Waals surface area contributed by atoms with Crippen LogP contribution in [0.2, 0.25) is 0 Å². The standard InChI is InChI=1S/C9H11BrN2O/c1-9(2)7(13)5-3-4-6(10)11-8(5)12-9/h3-4,7,13H,1-2H3,(H,11,12)/t7-/m1/s1. The average Bonchev–Trinajstić information content (AvgIpc) is 2.22. The largest absolute Gasteiger partial charge is 0.386 e. The molecule has 3 nitrogen and oxygen atoms in total. The van der Waals surface area contributed by atoms with Gasteiger partial charge in [0, 0.05) is 5.56 Å². The highest BCUT2D eigenvalue weighted by Crippen LogP contribution is 2.39. The molecule has 0 spiro atoms. The van der Waals surface area contributed by atoms with Gasteiger partial charge >= 0.3 is 0 Å². The Morgan fingerprint density at radius 2 is 2.23 bits per heavy atom. The molecule has 0 bridgehead atoms. The lowest BCUT2D eigenvalue weighted by molar-refractivity contribution is 0.127. The summed E-state index contributed by atoms with van der Waals surface area (Å²) in [5.74, 6) is 0.770. The topological polar surface area (TPSA) is 45.2 Å². The summed E-state index contributed by atoms with van der Waals surface area (Å²) < 4.78 is 0.781. The van der Waals surface area contributed by atoms with Crippen LogP contribution in [0.4, 0.5) is 5.82 Å². The summed E-state index contributed by atoms with van der Waals surface area (Å²) in [6.45, 7) is 3.90. The third-order valence-corrected chi connectivity index (χ3v) is 2.75. The second kappa shape index (κ2) is 2.69. The fourth-order valence-corrected chi connectivity index (χ4v) is 1.84. The zero-order chi connectivity index (χ0) is 9.64. The molecule has 0 fully saturated rings. The van der Waals surface area contributed by atoms with Crippen molar-refractivity contribution in [2.75, 3.05) is 5.32 Å². The van der Waals surface area contributed by atoms with Crippen LogP contribution in [0.25, 0.3) is 0 Å². The monoisotopic (exact) mass is 242 g/mol. The lowest BCUT2D eigenvalue weighted by atomic mass is 9.97. The van der Waals surface area contributed by atoms with Crippen LogP contribution in [0.3, 0.4) is 0 Å². The number of rotatable bonds is 0. The lowest BCUT2D eigenvalue weighted by Crippen LogP contribution is -2.31. The molecule has 0 unspecified atom stereocenters. The highest BCUT2D eigenvalue weighted by atomic mass is 79.9. The summed E-state index contributed by atoms with van der Waals surface area (Å²) in [7, 11) is 0. The highest BCUT2D eigenvalue weighted by molar-refractivity contribution is 9.10. The maximum atomic E-state index is 9.88. The van der Waals surface area contributed by atoms with Gasteiger partial charge in [0.2, 0.25) is 0 Å². The molecular formula is C9H11BrN2O. The summed E-state index contributed by atoms with van der Waals surface area (Å²) in [6, 6.07) is 3.73. The number of hydrogen-bond donors (Lipinski definition) is 2. The van der Waals surface area contributed by atoms with E-state index in [1.54, 1.807) is 0 Å². The SMILES string of the molecule is CC1(C)Nc2nc(Br)ccc2[C@H]1O. The van der Waals surface area contributed by atoms with E-state index in [1.165, 1.54) is 0 Å². The van der Waals surface area contributed by atoms with Gasteiger partial charge in [0.25, 0.3) is 0 Å². The Hall–Kier alpha value is -0.610. The van der Waals surface area contributed by atoms with E-state index in [4.69, 9.17) is 0 Å². The molecule has 0 aliphatic carbocycles. The molecule has 1 aromatic heterocycles. The van der Waals surface area contributed by atoms with E-state index in [0.29, 0.717) is 0 Å². The van der Waals surface area contributed by atoms with Crippen molar-refractivity contribution in [3.63, 3.8) is 0 Å². The molecule has 13 heavy (non-hydrogen) atoms. The van der Waals surface area contributed by atoms with Crippen LogP contribution in [0, 0.1) is 0 Å². The van der Waals surface area contributed by atoms with E-state index < -0.39 is 6.10 Å². The molecule has 0 saturated carbocycles. The third-order valence-electron chi connectivity index (χ3n) is 2.31. The Kier molecular flexibility index (Phi) is 1.85. The molecule has 2 rings (SSSR count). The zero-order valence-electron chi connectivity index (χ0n) is 7.50. The normalized spacial score (nSPS) is 23.8. The number of halogens is 1. The zero-order valence-corrected chi connectivity index (χ0v) is 9.09. The summed E-state index contributed by atoms with van der Waals surface area (Å²) >= 11 is 3.29. The van der Waals surface area contributed by atoms with Crippen molar-refractivity contribution >= 4 is 21.7 Å². The Morgan fingerprint density at radius 3 is 2.92 bits per heavy atom. The van der Waals surface area contributed by atoms with E-state index in [2.05, 4.69) is 26.2 Å². The van der Waals surface area contributed by atoms with Crippen molar-refractivity contribution in [2.45, 2.75) is 25.5 Å². The van der Waals surface area contributed by atoms with Crippen molar-refractivity contribution in [2.24, 2.45) is 0 Å². The first-order valence-electron chi connectivity index (χ1n) is 4.13. The lowest BCUT2D eigenvalue weighted by Gasteiger charge is -2.22. The second-order valence-electron chi connectivity index (χ2n) is 3.82. The number of hydrogen-bond acceptors (Lipinski definition) is 3. The fraction of sp³-hybridized carbons (Fsp3) is 0.444. The van der Waals surface area contributed by atoms with Gasteiger partial charge in [-0.15, -0.1) is 0 Å². The molecule has 1 aliphatic heterocycles. The first-order valence-corrected chi connectivity index (χ1v) is 4.93. The van der Waals surface area contributed by atoms with Crippen LogP contribution < -0.4 is 5.32 Å². The minimum Gasteiger partial charge on any atom is -0.386 e. The molecule has 1 aliphatic rings. The van der Waals surface area contributed by atoms with Crippen LogP contribution in [-0.2, 0) is 0 Å². The number of pyridine rings is 1. The minimum atomic E-state index is -0.483. The van der Waals surface area contributed by atoms with Crippen molar-refractivity contribution in [1.82, 2.24) is 4.98 Å². The fourth-order valence-electron chi connectivity index (χ4n) is 1.53. The molecule has 70 valence electrons. The van der Waals surface area contributed by atoms with Gasteiger partial charge in [0.1, 0.15) is 16.5 Å². The molecule has 2 heterocycles. The minimum absolute atomic E-state index is 0.323. The van der Waals surface area contributed by atoms with Crippen LogP contribution in [0.1, 0.15) is 25.5 Å². The van der Waals surface area contributed by atoms with Gasteiger partial charge in [-0.3, -0.25) is 0 Å². The number of aliphatic hydroxyl groups is 1. The molecule has 1 aromatic rings. The van der Waals surface area contributed by atoms with Crippen molar-refractivity contribution < 1.29 is 5.11 Å². The molecule has 1 atom stereocenters. The van der Waals surface area contributed by atoms with E-state index >= 15 is 0 Å². The van der Waals surface area contributed by atoms with Crippen molar-refractivity contribution in [3.05, 3.63) is 22.3 Å². The predicted molar refractivity (Wildman–Crippen MR) is 54.6 cm³/mol. The maximum Gasteiger partial charge on any atom is 0.133 e. The van der Waals surface area contributed by atoms with Gasteiger partial charge < -0.3 is 10.4 Å². The Morgan fingerprint density at radius 1 is 1.54 bits per heavy atom.